The summed E-state index contributed by atoms with van der Waals surface area (Å²) in [6.07, 6.45) is -4.39. The molecule has 1 atom stereocenters. The molecule has 0 aliphatic heterocycles. The van der Waals surface area contributed by atoms with E-state index in [9.17, 15) is 26.3 Å². The molecule has 0 amide bonds. The molecule has 0 heterocycles. The summed E-state index contributed by atoms with van der Waals surface area (Å²) < 4.78 is 72.7. The lowest BCUT2D eigenvalue weighted by molar-refractivity contribution is -0.137. The van der Waals surface area contributed by atoms with E-state index >= 15 is 0 Å². The van der Waals surface area contributed by atoms with Gasteiger partial charge in [0, 0.05) is 18.3 Å². The summed E-state index contributed by atoms with van der Waals surface area (Å²) in [5.41, 5.74) is -4.42. The molecule has 0 saturated heterocycles. The van der Waals surface area contributed by atoms with E-state index in [4.69, 9.17) is 0 Å². The van der Waals surface area contributed by atoms with Crippen molar-refractivity contribution in [1.29, 1.82) is 0 Å². The molecule has 8 heteroatoms. The third-order valence-electron chi connectivity index (χ3n) is 2.56. The highest BCUT2D eigenvalue weighted by Crippen LogP contribution is 2.30. The Labute approximate surface area is 116 Å². The Morgan fingerprint density at radius 2 is 1.60 bits per heavy atom. The van der Waals surface area contributed by atoms with Crippen molar-refractivity contribution in [2.45, 2.75) is 24.7 Å². The van der Waals surface area contributed by atoms with Crippen molar-refractivity contribution in [1.82, 2.24) is 5.32 Å². The average molecular weight is 317 g/mol. The van der Waals surface area contributed by atoms with Crippen molar-refractivity contribution in [2.24, 2.45) is 0 Å². The number of thioether (sulfide) groups is 1. The fourth-order valence-electron chi connectivity index (χ4n) is 1.52. The quantitative estimate of drug-likeness (QED) is 0.629. The zero-order valence-corrected chi connectivity index (χ0v) is 11.3. The van der Waals surface area contributed by atoms with Crippen LogP contribution in [0.1, 0.15) is 24.1 Å². The maximum Gasteiger partial charge on any atom is 0.441 e. The van der Waals surface area contributed by atoms with Crippen molar-refractivity contribution in [3.63, 3.8) is 0 Å². The van der Waals surface area contributed by atoms with Gasteiger partial charge < -0.3 is 5.32 Å². The number of alkyl halides is 6. The summed E-state index contributed by atoms with van der Waals surface area (Å²) in [6.45, 7) is 1.80. The lowest BCUT2D eigenvalue weighted by Crippen LogP contribution is -2.22. The minimum atomic E-state index is -4.39. The van der Waals surface area contributed by atoms with Gasteiger partial charge in [0.1, 0.15) is 0 Å². The van der Waals surface area contributed by atoms with Gasteiger partial charge in [0.2, 0.25) is 0 Å². The van der Waals surface area contributed by atoms with Gasteiger partial charge in [0.25, 0.3) is 0 Å². The molecule has 1 aromatic carbocycles. The Morgan fingerprint density at radius 1 is 1.05 bits per heavy atom. The largest absolute Gasteiger partial charge is 0.441 e. The minimum absolute atomic E-state index is 0.117. The van der Waals surface area contributed by atoms with Crippen LogP contribution in [-0.4, -0.2) is 17.8 Å². The molecule has 0 aliphatic carbocycles. The Morgan fingerprint density at radius 3 is 2.05 bits per heavy atom. The van der Waals surface area contributed by atoms with E-state index in [1.54, 1.807) is 6.92 Å². The smallest absolute Gasteiger partial charge is 0.309 e. The second-order valence-electron chi connectivity index (χ2n) is 4.09. The predicted molar refractivity (Wildman–Crippen MR) is 66.4 cm³/mol. The molecule has 1 unspecified atom stereocenters. The summed E-state index contributed by atoms with van der Waals surface area (Å²) >= 11 is -0.135. The predicted octanol–water partition coefficient (Wildman–Crippen LogP) is 4.61. The van der Waals surface area contributed by atoms with Crippen molar-refractivity contribution in [3.8, 4) is 0 Å². The van der Waals surface area contributed by atoms with Gasteiger partial charge in [0.15, 0.2) is 0 Å². The molecule has 20 heavy (non-hydrogen) atoms. The number of rotatable bonds is 5. The number of nitrogens with one attached hydrogen (secondary N) is 1. The summed E-state index contributed by atoms with van der Waals surface area (Å²) in [5, 5.41) is 2.83. The minimum Gasteiger partial charge on any atom is -0.309 e. The second-order valence-corrected chi connectivity index (χ2v) is 5.25. The molecular formula is C12H13F6NS. The third-order valence-corrected chi connectivity index (χ3v) is 3.29. The lowest BCUT2D eigenvalue weighted by Gasteiger charge is -2.15. The Hall–Kier alpha value is -0.890. The van der Waals surface area contributed by atoms with Gasteiger partial charge in [-0.3, -0.25) is 0 Å². The van der Waals surface area contributed by atoms with E-state index in [1.807, 2.05) is 0 Å². The van der Waals surface area contributed by atoms with Crippen LogP contribution in [0, 0.1) is 0 Å². The SMILES string of the molecule is CC(NCCSC(F)(F)F)c1ccc(C(F)(F)F)cc1. The van der Waals surface area contributed by atoms with Gasteiger partial charge in [0.05, 0.1) is 5.56 Å². The van der Waals surface area contributed by atoms with Crippen LogP contribution in [0.5, 0.6) is 0 Å². The molecule has 0 saturated carbocycles. The molecular weight excluding hydrogens is 304 g/mol. The van der Waals surface area contributed by atoms with Crippen molar-refractivity contribution in [3.05, 3.63) is 35.4 Å². The lowest BCUT2D eigenvalue weighted by atomic mass is 10.1. The van der Waals surface area contributed by atoms with E-state index in [1.165, 1.54) is 12.1 Å². The number of hydrogen-bond acceptors (Lipinski definition) is 2. The fraction of sp³-hybridized carbons (Fsp3) is 0.500. The Bertz CT molecular complexity index is 411. The highest BCUT2D eigenvalue weighted by molar-refractivity contribution is 8.00. The summed E-state index contributed by atoms with van der Waals surface area (Å²) in [4.78, 5) is 0. The van der Waals surface area contributed by atoms with E-state index in [0.29, 0.717) is 5.56 Å². The highest BCUT2D eigenvalue weighted by Gasteiger charge is 2.30. The van der Waals surface area contributed by atoms with Gasteiger partial charge in [-0.05, 0) is 36.4 Å². The molecule has 0 bridgehead atoms. The standard InChI is InChI=1S/C12H13F6NS/c1-8(19-6-7-20-12(16,17)18)9-2-4-10(5-3-9)11(13,14)15/h2-5,8,19H,6-7H2,1H3. The molecule has 0 spiro atoms. The monoisotopic (exact) mass is 317 g/mol. The van der Waals surface area contributed by atoms with Crippen LogP contribution >= 0.6 is 11.8 Å². The maximum atomic E-state index is 12.4. The van der Waals surface area contributed by atoms with Gasteiger partial charge in [-0.25, -0.2) is 0 Å². The van der Waals surface area contributed by atoms with Gasteiger partial charge >= 0.3 is 11.7 Å². The third kappa shape index (κ3) is 6.04. The van der Waals surface area contributed by atoms with E-state index in [0.717, 1.165) is 12.1 Å². The summed E-state index contributed by atoms with van der Waals surface area (Å²) in [5.74, 6) is -0.144. The molecule has 1 aromatic rings. The first-order chi connectivity index (χ1) is 9.09. The van der Waals surface area contributed by atoms with Crippen LogP contribution in [0.2, 0.25) is 0 Å². The van der Waals surface area contributed by atoms with Gasteiger partial charge in [-0.2, -0.15) is 26.3 Å². The van der Waals surface area contributed by atoms with Gasteiger partial charge in [-0.1, -0.05) is 12.1 Å². The first kappa shape index (κ1) is 17.2. The molecule has 0 fully saturated rings. The molecule has 0 radical (unpaired) electrons. The van der Waals surface area contributed by atoms with E-state index < -0.39 is 17.2 Å². The van der Waals surface area contributed by atoms with Crippen molar-refractivity contribution < 1.29 is 26.3 Å². The maximum absolute atomic E-state index is 12.4. The van der Waals surface area contributed by atoms with Crippen molar-refractivity contribution in [2.75, 3.05) is 12.3 Å². The molecule has 1 N–H and O–H groups in total. The van der Waals surface area contributed by atoms with Gasteiger partial charge in [-0.15, -0.1) is 0 Å². The molecule has 1 nitrogen and oxygen atoms in total. The normalized spacial score (nSPS) is 14.3. The number of halogens is 6. The zero-order chi connectivity index (χ0) is 15.4. The summed E-state index contributed by atoms with van der Waals surface area (Å²) in [7, 11) is 0. The highest BCUT2D eigenvalue weighted by atomic mass is 32.2. The van der Waals surface area contributed by atoms with Crippen LogP contribution in [0.3, 0.4) is 0 Å². The molecule has 114 valence electrons. The van der Waals surface area contributed by atoms with E-state index in [-0.39, 0.29) is 30.1 Å². The van der Waals surface area contributed by atoms with Crippen LogP contribution in [0.4, 0.5) is 26.3 Å². The average Bonchev–Trinajstić information content (AvgIpc) is 2.32. The van der Waals surface area contributed by atoms with Crippen LogP contribution < -0.4 is 5.32 Å². The van der Waals surface area contributed by atoms with Crippen LogP contribution in [0.15, 0.2) is 24.3 Å². The zero-order valence-electron chi connectivity index (χ0n) is 10.5. The Balaban J connectivity index is 2.46. The topological polar surface area (TPSA) is 12.0 Å². The van der Waals surface area contributed by atoms with Crippen LogP contribution in [0.25, 0.3) is 0 Å². The first-order valence-corrected chi connectivity index (χ1v) is 6.69. The first-order valence-electron chi connectivity index (χ1n) is 5.71. The van der Waals surface area contributed by atoms with Crippen LogP contribution in [-0.2, 0) is 6.18 Å². The van der Waals surface area contributed by atoms with E-state index in [2.05, 4.69) is 5.32 Å². The fourth-order valence-corrected chi connectivity index (χ4v) is 1.97. The molecule has 0 aliphatic rings. The summed E-state index contributed by atoms with van der Waals surface area (Å²) in [6, 6.07) is 4.23. The second kappa shape index (κ2) is 6.71. The van der Waals surface area contributed by atoms with Crippen molar-refractivity contribution >= 4 is 11.8 Å². The molecule has 1 rings (SSSR count). The number of hydrogen-bond donors (Lipinski definition) is 1. The molecule has 0 aromatic heterocycles. The Kier molecular flexibility index (Phi) is 5.76. The number of benzene rings is 1.